The molecule has 1 atom stereocenters. The number of nitrogens with one attached hydrogen (secondary N) is 1. The minimum Gasteiger partial charge on any atom is -0.435 e. The number of thiophene rings is 1. The second-order valence-corrected chi connectivity index (χ2v) is 6.70. The summed E-state index contributed by atoms with van der Waals surface area (Å²) in [5.41, 5.74) is 0.869. The first-order valence-electron chi connectivity index (χ1n) is 7.71. The average molecular weight is 352 g/mol. The van der Waals surface area contributed by atoms with Gasteiger partial charge >= 0.3 is 6.61 Å². The van der Waals surface area contributed by atoms with E-state index < -0.39 is 6.61 Å². The van der Waals surface area contributed by atoms with Crippen LogP contribution in [0.4, 0.5) is 8.78 Å². The predicted octanol–water partition coefficient (Wildman–Crippen LogP) is 3.45. The summed E-state index contributed by atoms with van der Waals surface area (Å²) in [5.74, 6) is 0.161. The number of ether oxygens (including phenoxy) is 1. The molecule has 1 aromatic heterocycles. The molecule has 1 fully saturated rings. The Labute approximate surface area is 143 Å². The Balaban J connectivity index is 1.74. The lowest BCUT2D eigenvalue weighted by atomic mass is 10.2. The molecule has 1 N–H and O–H groups in total. The molecule has 7 heteroatoms. The standard InChI is InChI=1S/C17H18F2N2O2S/c1-11-10-20-8-9-21(11)16(22)15-7-6-14(24-15)12-2-4-13(5-3-12)23-17(18)19/h2-7,11,17,20H,8-10H2,1H3/t11-/m1/s1. The van der Waals surface area contributed by atoms with Crippen molar-refractivity contribution >= 4 is 17.2 Å². The third-order valence-corrected chi connectivity index (χ3v) is 5.07. The van der Waals surface area contributed by atoms with Gasteiger partial charge in [0.15, 0.2) is 0 Å². The van der Waals surface area contributed by atoms with Crippen molar-refractivity contribution in [2.24, 2.45) is 0 Å². The lowest BCUT2D eigenvalue weighted by molar-refractivity contribution is -0.0498. The van der Waals surface area contributed by atoms with Gasteiger partial charge in [0.25, 0.3) is 5.91 Å². The number of benzene rings is 1. The number of halogens is 2. The van der Waals surface area contributed by atoms with Gasteiger partial charge in [-0.15, -0.1) is 11.3 Å². The van der Waals surface area contributed by atoms with E-state index in [0.717, 1.165) is 23.5 Å². The van der Waals surface area contributed by atoms with Gasteiger partial charge in [-0.1, -0.05) is 0 Å². The molecule has 1 saturated heterocycles. The van der Waals surface area contributed by atoms with Crippen LogP contribution in [0.15, 0.2) is 36.4 Å². The topological polar surface area (TPSA) is 41.6 Å². The summed E-state index contributed by atoms with van der Waals surface area (Å²) < 4.78 is 28.7. The second kappa shape index (κ2) is 7.27. The minimum atomic E-state index is -2.83. The first-order valence-corrected chi connectivity index (χ1v) is 8.53. The van der Waals surface area contributed by atoms with E-state index in [0.29, 0.717) is 11.4 Å². The highest BCUT2D eigenvalue weighted by atomic mass is 32.1. The molecule has 0 spiro atoms. The van der Waals surface area contributed by atoms with Crippen molar-refractivity contribution in [3.8, 4) is 16.2 Å². The summed E-state index contributed by atoms with van der Waals surface area (Å²) in [4.78, 5) is 16.1. The van der Waals surface area contributed by atoms with E-state index in [1.807, 2.05) is 24.0 Å². The predicted molar refractivity (Wildman–Crippen MR) is 89.8 cm³/mol. The van der Waals surface area contributed by atoms with E-state index >= 15 is 0 Å². The van der Waals surface area contributed by atoms with Crippen LogP contribution in [0.5, 0.6) is 5.75 Å². The van der Waals surface area contributed by atoms with E-state index in [4.69, 9.17) is 0 Å². The molecular formula is C17H18F2N2O2S. The first-order chi connectivity index (χ1) is 11.5. The number of piperazine rings is 1. The van der Waals surface area contributed by atoms with Gasteiger partial charge in [0.05, 0.1) is 4.88 Å². The molecule has 2 aromatic rings. The highest BCUT2D eigenvalue weighted by Crippen LogP contribution is 2.30. The molecule has 0 aliphatic carbocycles. The van der Waals surface area contributed by atoms with Crippen LogP contribution >= 0.6 is 11.3 Å². The maximum absolute atomic E-state index is 12.6. The lowest BCUT2D eigenvalue weighted by Gasteiger charge is -2.33. The molecule has 24 heavy (non-hydrogen) atoms. The zero-order valence-corrected chi connectivity index (χ0v) is 14.0. The minimum absolute atomic E-state index is 0.0397. The van der Waals surface area contributed by atoms with Crippen molar-refractivity contribution in [1.29, 1.82) is 0 Å². The van der Waals surface area contributed by atoms with E-state index in [1.165, 1.54) is 23.5 Å². The van der Waals surface area contributed by atoms with Crippen LogP contribution in [0.3, 0.4) is 0 Å². The molecule has 3 rings (SSSR count). The second-order valence-electron chi connectivity index (χ2n) is 5.62. The van der Waals surface area contributed by atoms with Crippen molar-refractivity contribution in [1.82, 2.24) is 10.2 Å². The van der Waals surface area contributed by atoms with Gasteiger partial charge in [-0.3, -0.25) is 4.79 Å². The van der Waals surface area contributed by atoms with Crippen LogP contribution < -0.4 is 10.1 Å². The fraction of sp³-hybridized carbons (Fsp3) is 0.353. The number of hydrogen-bond acceptors (Lipinski definition) is 4. The van der Waals surface area contributed by atoms with Crippen LogP contribution in [-0.4, -0.2) is 43.1 Å². The average Bonchev–Trinajstić information content (AvgIpc) is 3.05. The third kappa shape index (κ3) is 3.73. The Hall–Kier alpha value is -1.99. The molecule has 128 valence electrons. The molecule has 0 bridgehead atoms. The number of alkyl halides is 2. The van der Waals surface area contributed by atoms with Crippen LogP contribution in [0.2, 0.25) is 0 Å². The van der Waals surface area contributed by atoms with Crippen LogP contribution in [0.1, 0.15) is 16.6 Å². The SMILES string of the molecule is C[C@@H]1CNCCN1C(=O)c1ccc(-c2ccc(OC(F)F)cc2)s1. The summed E-state index contributed by atoms with van der Waals surface area (Å²) in [6.07, 6.45) is 0. The summed E-state index contributed by atoms with van der Waals surface area (Å²) in [5, 5.41) is 3.26. The number of nitrogens with zero attached hydrogens (tertiary/aromatic N) is 1. The van der Waals surface area contributed by atoms with Crippen molar-refractivity contribution in [3.63, 3.8) is 0 Å². The Morgan fingerprint density at radius 3 is 2.71 bits per heavy atom. The molecule has 4 nitrogen and oxygen atoms in total. The van der Waals surface area contributed by atoms with Gasteiger partial charge in [-0.2, -0.15) is 8.78 Å². The van der Waals surface area contributed by atoms with Crippen LogP contribution in [-0.2, 0) is 0 Å². The van der Waals surface area contributed by atoms with Crippen molar-refractivity contribution < 1.29 is 18.3 Å². The smallest absolute Gasteiger partial charge is 0.387 e. The highest BCUT2D eigenvalue weighted by molar-refractivity contribution is 7.17. The summed E-state index contributed by atoms with van der Waals surface area (Å²) >= 11 is 1.41. The number of carbonyl (C=O) groups is 1. The van der Waals surface area contributed by atoms with Crippen LogP contribution in [0.25, 0.3) is 10.4 Å². The molecule has 0 unspecified atom stereocenters. The van der Waals surface area contributed by atoms with E-state index in [1.54, 1.807) is 12.1 Å². The van der Waals surface area contributed by atoms with Gasteiger partial charge in [-0.25, -0.2) is 0 Å². The van der Waals surface area contributed by atoms with Crippen molar-refractivity contribution in [3.05, 3.63) is 41.3 Å². The molecule has 1 aliphatic rings. The summed E-state index contributed by atoms with van der Waals surface area (Å²) in [6.45, 7) is 1.51. The Bertz CT molecular complexity index is 703. The normalized spacial score (nSPS) is 18.0. The number of carbonyl (C=O) groups excluding carboxylic acids is 1. The van der Waals surface area contributed by atoms with Gasteiger partial charge in [0.1, 0.15) is 5.75 Å². The van der Waals surface area contributed by atoms with Gasteiger partial charge < -0.3 is 15.0 Å². The van der Waals surface area contributed by atoms with Gasteiger partial charge in [0, 0.05) is 30.6 Å². The zero-order valence-electron chi connectivity index (χ0n) is 13.2. The van der Waals surface area contributed by atoms with Gasteiger partial charge in [0.2, 0.25) is 0 Å². The van der Waals surface area contributed by atoms with Crippen molar-refractivity contribution in [2.75, 3.05) is 19.6 Å². The largest absolute Gasteiger partial charge is 0.435 e. The molecule has 1 aliphatic heterocycles. The molecule has 0 radical (unpaired) electrons. The number of amides is 1. The van der Waals surface area contributed by atoms with E-state index in [-0.39, 0.29) is 17.7 Å². The Morgan fingerprint density at radius 2 is 2.04 bits per heavy atom. The molecule has 1 amide bonds. The Morgan fingerprint density at radius 1 is 1.29 bits per heavy atom. The molecule has 2 heterocycles. The number of rotatable bonds is 4. The quantitative estimate of drug-likeness (QED) is 0.916. The molecule has 0 saturated carbocycles. The summed E-state index contributed by atoms with van der Waals surface area (Å²) in [7, 11) is 0. The van der Waals surface area contributed by atoms with Crippen LogP contribution in [0, 0.1) is 0 Å². The van der Waals surface area contributed by atoms with Gasteiger partial charge in [-0.05, 0) is 48.9 Å². The first kappa shape index (κ1) is 16.9. The summed E-state index contributed by atoms with van der Waals surface area (Å²) in [6, 6.07) is 10.3. The lowest BCUT2D eigenvalue weighted by Crippen LogP contribution is -2.52. The fourth-order valence-electron chi connectivity index (χ4n) is 2.69. The maximum Gasteiger partial charge on any atom is 0.387 e. The molecular weight excluding hydrogens is 334 g/mol. The Kier molecular flexibility index (Phi) is 5.11. The monoisotopic (exact) mass is 352 g/mol. The number of hydrogen-bond donors (Lipinski definition) is 1. The third-order valence-electron chi connectivity index (χ3n) is 3.94. The molecule has 1 aromatic carbocycles. The highest BCUT2D eigenvalue weighted by Gasteiger charge is 2.25. The maximum atomic E-state index is 12.6. The van der Waals surface area contributed by atoms with E-state index in [9.17, 15) is 13.6 Å². The van der Waals surface area contributed by atoms with E-state index in [2.05, 4.69) is 10.1 Å². The zero-order chi connectivity index (χ0) is 17.1. The fourth-order valence-corrected chi connectivity index (χ4v) is 3.66. The van der Waals surface area contributed by atoms with Crippen molar-refractivity contribution in [2.45, 2.75) is 19.6 Å².